The zero-order valence-corrected chi connectivity index (χ0v) is 18.1. The van der Waals surface area contributed by atoms with Gasteiger partial charge in [0.15, 0.2) is 11.5 Å². The average Bonchev–Trinajstić information content (AvgIpc) is 3.14. The van der Waals surface area contributed by atoms with Gasteiger partial charge in [0.1, 0.15) is 13.2 Å². The zero-order chi connectivity index (χ0) is 19.9. The largest absolute Gasteiger partial charge is 0.486 e. The molecule has 1 spiro atoms. The molecule has 0 N–H and O–H groups in total. The van der Waals surface area contributed by atoms with E-state index in [2.05, 4.69) is 24.0 Å². The SMILES string of the molecule is CC1c2cc3c(cc2C2(CCCC2)CN1CCCS(=O)(=O)N(C)C)OCCO3. The number of ether oxygens (including phenoxy) is 2. The fourth-order valence-corrected chi connectivity index (χ4v) is 5.96. The van der Waals surface area contributed by atoms with E-state index >= 15 is 0 Å². The van der Waals surface area contributed by atoms with E-state index < -0.39 is 10.0 Å². The van der Waals surface area contributed by atoms with Crippen LogP contribution in [0.4, 0.5) is 0 Å². The summed E-state index contributed by atoms with van der Waals surface area (Å²) in [6.45, 7) is 5.24. The maximum absolute atomic E-state index is 12.1. The molecule has 1 unspecified atom stereocenters. The summed E-state index contributed by atoms with van der Waals surface area (Å²) >= 11 is 0. The molecule has 4 rings (SSSR count). The van der Waals surface area contributed by atoms with Crippen LogP contribution in [0.25, 0.3) is 0 Å². The van der Waals surface area contributed by atoms with Crippen LogP contribution in [0.3, 0.4) is 0 Å². The summed E-state index contributed by atoms with van der Waals surface area (Å²) < 4.78 is 37.3. The van der Waals surface area contributed by atoms with Gasteiger partial charge in [-0.15, -0.1) is 0 Å². The molecule has 1 aromatic rings. The fourth-order valence-electron chi connectivity index (χ4n) is 5.10. The molecular weight excluding hydrogens is 376 g/mol. The Morgan fingerprint density at radius 2 is 1.79 bits per heavy atom. The van der Waals surface area contributed by atoms with Crippen molar-refractivity contribution in [2.75, 3.05) is 46.2 Å². The van der Waals surface area contributed by atoms with Gasteiger partial charge in [-0.25, -0.2) is 12.7 Å². The molecule has 0 radical (unpaired) electrons. The van der Waals surface area contributed by atoms with E-state index in [1.54, 1.807) is 14.1 Å². The lowest BCUT2D eigenvalue weighted by Gasteiger charge is -2.46. The van der Waals surface area contributed by atoms with E-state index in [1.807, 2.05) is 0 Å². The van der Waals surface area contributed by atoms with Crippen LogP contribution in [0.5, 0.6) is 11.5 Å². The van der Waals surface area contributed by atoms with Gasteiger partial charge in [0.05, 0.1) is 5.75 Å². The third kappa shape index (κ3) is 3.53. The summed E-state index contributed by atoms with van der Waals surface area (Å²) in [5.41, 5.74) is 2.92. The molecule has 7 heteroatoms. The third-order valence-corrected chi connectivity index (χ3v) is 8.67. The first-order valence-electron chi connectivity index (χ1n) is 10.4. The minimum atomic E-state index is -3.15. The standard InChI is InChI=1S/C21H32N2O4S/c1-16-17-13-19-20(27-11-10-26-19)14-18(17)21(7-4-5-8-21)15-23(16)9-6-12-28(24,25)22(2)3/h13-14,16H,4-12,15H2,1-3H3. The molecule has 0 amide bonds. The van der Waals surface area contributed by atoms with Crippen molar-refractivity contribution < 1.29 is 17.9 Å². The molecule has 1 aromatic carbocycles. The van der Waals surface area contributed by atoms with Gasteiger partial charge in [-0.2, -0.15) is 0 Å². The van der Waals surface area contributed by atoms with Gasteiger partial charge in [0.25, 0.3) is 0 Å². The van der Waals surface area contributed by atoms with Gasteiger partial charge >= 0.3 is 0 Å². The maximum atomic E-state index is 12.1. The Balaban J connectivity index is 1.60. The Hall–Kier alpha value is -1.31. The van der Waals surface area contributed by atoms with Crippen LogP contribution >= 0.6 is 0 Å². The Morgan fingerprint density at radius 1 is 1.14 bits per heavy atom. The van der Waals surface area contributed by atoms with Gasteiger partial charge in [0, 0.05) is 32.1 Å². The predicted molar refractivity (Wildman–Crippen MR) is 110 cm³/mol. The minimum absolute atomic E-state index is 0.165. The Bertz CT molecular complexity index is 831. The maximum Gasteiger partial charge on any atom is 0.213 e. The van der Waals surface area contributed by atoms with E-state index in [1.165, 1.54) is 41.1 Å². The molecular formula is C21H32N2O4S. The summed E-state index contributed by atoms with van der Waals surface area (Å²) in [5, 5.41) is 0. The molecule has 6 nitrogen and oxygen atoms in total. The summed E-state index contributed by atoms with van der Waals surface area (Å²) in [5.74, 6) is 1.93. The lowest BCUT2D eigenvalue weighted by molar-refractivity contribution is 0.132. The molecule has 1 aliphatic carbocycles. The fraction of sp³-hybridized carbons (Fsp3) is 0.714. The van der Waals surface area contributed by atoms with Crippen molar-refractivity contribution in [1.29, 1.82) is 0 Å². The molecule has 1 atom stereocenters. The van der Waals surface area contributed by atoms with E-state index in [0.717, 1.165) is 24.6 Å². The van der Waals surface area contributed by atoms with Crippen molar-refractivity contribution in [1.82, 2.24) is 9.21 Å². The average molecular weight is 409 g/mol. The van der Waals surface area contributed by atoms with Crippen LogP contribution in [0.1, 0.15) is 56.2 Å². The molecule has 0 bridgehead atoms. The number of rotatable bonds is 5. The highest BCUT2D eigenvalue weighted by molar-refractivity contribution is 7.89. The number of sulfonamides is 1. The van der Waals surface area contributed by atoms with E-state index in [9.17, 15) is 8.42 Å². The molecule has 156 valence electrons. The summed E-state index contributed by atoms with van der Waals surface area (Å²) in [4.78, 5) is 2.48. The first kappa shape index (κ1) is 20.0. The van der Waals surface area contributed by atoms with Crippen LogP contribution in [-0.2, 0) is 15.4 Å². The molecule has 1 fully saturated rings. The van der Waals surface area contributed by atoms with Gasteiger partial charge in [0.2, 0.25) is 10.0 Å². The zero-order valence-electron chi connectivity index (χ0n) is 17.2. The second-order valence-electron chi connectivity index (χ2n) is 8.67. The van der Waals surface area contributed by atoms with Gasteiger partial charge in [-0.3, -0.25) is 4.90 Å². The number of fused-ring (bicyclic) bond motifs is 3. The highest BCUT2D eigenvalue weighted by Gasteiger charge is 2.44. The van der Waals surface area contributed by atoms with Crippen molar-refractivity contribution in [2.24, 2.45) is 0 Å². The third-order valence-electron chi connectivity index (χ3n) is 6.75. The van der Waals surface area contributed by atoms with Gasteiger partial charge < -0.3 is 9.47 Å². The summed E-state index contributed by atoms with van der Waals surface area (Å²) in [6, 6.07) is 4.66. The molecule has 2 aliphatic heterocycles. The minimum Gasteiger partial charge on any atom is -0.486 e. The van der Waals surface area contributed by atoms with Gasteiger partial charge in [-0.1, -0.05) is 12.8 Å². The second-order valence-corrected chi connectivity index (χ2v) is 11.0. The first-order valence-corrected chi connectivity index (χ1v) is 12.0. The van der Waals surface area contributed by atoms with Crippen LogP contribution < -0.4 is 9.47 Å². The smallest absolute Gasteiger partial charge is 0.213 e. The van der Waals surface area contributed by atoms with Crippen LogP contribution in [0, 0.1) is 0 Å². The Kier molecular flexibility index (Phi) is 5.35. The van der Waals surface area contributed by atoms with Crippen molar-refractivity contribution in [3.05, 3.63) is 23.3 Å². The van der Waals surface area contributed by atoms with Crippen molar-refractivity contribution in [2.45, 2.75) is 50.5 Å². The molecule has 3 aliphatic rings. The summed E-state index contributed by atoms with van der Waals surface area (Å²) in [6.07, 6.45) is 5.55. The highest BCUT2D eigenvalue weighted by atomic mass is 32.2. The molecule has 1 saturated carbocycles. The second kappa shape index (κ2) is 7.50. The van der Waals surface area contributed by atoms with E-state index in [4.69, 9.17) is 9.47 Å². The topological polar surface area (TPSA) is 59.1 Å². The monoisotopic (exact) mass is 408 g/mol. The van der Waals surface area contributed by atoms with Crippen LogP contribution in [0.2, 0.25) is 0 Å². The Labute approximate surface area is 168 Å². The number of hydrogen-bond donors (Lipinski definition) is 0. The molecule has 0 saturated heterocycles. The van der Waals surface area contributed by atoms with Crippen molar-refractivity contribution in [3.8, 4) is 11.5 Å². The van der Waals surface area contributed by atoms with Crippen molar-refractivity contribution >= 4 is 10.0 Å². The summed E-state index contributed by atoms with van der Waals surface area (Å²) in [7, 11) is 0.0635. The first-order chi connectivity index (χ1) is 13.3. The quantitative estimate of drug-likeness (QED) is 0.750. The molecule has 0 aromatic heterocycles. The van der Waals surface area contributed by atoms with Gasteiger partial charge in [-0.05, 0) is 56.0 Å². The lowest BCUT2D eigenvalue weighted by Crippen LogP contribution is -2.46. The van der Waals surface area contributed by atoms with E-state index in [-0.39, 0.29) is 17.2 Å². The van der Waals surface area contributed by atoms with Crippen LogP contribution in [-0.4, -0.2) is 63.8 Å². The van der Waals surface area contributed by atoms with Crippen LogP contribution in [0.15, 0.2) is 12.1 Å². The molecule has 28 heavy (non-hydrogen) atoms. The Morgan fingerprint density at radius 3 is 2.43 bits per heavy atom. The van der Waals surface area contributed by atoms with Crippen molar-refractivity contribution in [3.63, 3.8) is 0 Å². The number of hydrogen-bond acceptors (Lipinski definition) is 5. The normalized spacial score (nSPS) is 23.9. The predicted octanol–water partition coefficient (Wildman–Crippen LogP) is 2.93. The molecule has 2 heterocycles. The highest BCUT2D eigenvalue weighted by Crippen LogP contribution is 2.51. The van der Waals surface area contributed by atoms with E-state index in [0.29, 0.717) is 19.6 Å². The number of benzene rings is 1. The number of nitrogens with zero attached hydrogens (tertiary/aromatic N) is 2. The lowest BCUT2D eigenvalue weighted by atomic mass is 9.71.